The minimum atomic E-state index is -0.907. The molecule has 0 aliphatic rings. The van der Waals surface area contributed by atoms with E-state index in [1.165, 1.54) is 12.1 Å². The first kappa shape index (κ1) is 8.94. The van der Waals surface area contributed by atoms with E-state index in [9.17, 15) is 13.9 Å². The largest absolute Gasteiger partial charge is 0.508 e. The zero-order valence-electron chi connectivity index (χ0n) is 7.51. The zero-order valence-corrected chi connectivity index (χ0v) is 7.51. The summed E-state index contributed by atoms with van der Waals surface area (Å²) in [5.74, 6) is -1.83. The lowest BCUT2D eigenvalue weighted by molar-refractivity contribution is 0.471. The number of phenolic OH excluding ortho intramolecular Hbond substituents is 1. The van der Waals surface area contributed by atoms with Crippen LogP contribution in [-0.4, -0.2) is 5.11 Å². The van der Waals surface area contributed by atoms with Crippen molar-refractivity contribution in [3.05, 3.63) is 41.5 Å². The summed E-state index contributed by atoms with van der Waals surface area (Å²) < 4.78 is 26.3. The summed E-state index contributed by atoms with van der Waals surface area (Å²) in [6.07, 6.45) is 0. The molecule has 0 amide bonds. The molecule has 2 aromatic carbocycles. The normalized spacial score (nSPS) is 10.8. The van der Waals surface area contributed by atoms with Gasteiger partial charge in [-0.25, -0.2) is 8.78 Å². The third kappa shape index (κ3) is 1.13. The SMILES string of the molecule is Cc1c(O)ccc2ccc(F)c(F)c12. The maximum absolute atomic E-state index is 13.4. The van der Waals surface area contributed by atoms with Crippen molar-refractivity contribution in [2.24, 2.45) is 0 Å². The lowest BCUT2D eigenvalue weighted by Gasteiger charge is -2.05. The fourth-order valence-electron chi connectivity index (χ4n) is 1.51. The molecule has 0 atom stereocenters. The first-order valence-corrected chi connectivity index (χ1v) is 4.17. The Labute approximate surface area is 79.6 Å². The Bertz CT molecular complexity index is 463. The highest BCUT2D eigenvalue weighted by Gasteiger charge is 2.11. The van der Waals surface area contributed by atoms with E-state index in [-0.39, 0.29) is 11.1 Å². The van der Waals surface area contributed by atoms with Gasteiger partial charge in [0.15, 0.2) is 11.6 Å². The Morgan fingerprint density at radius 3 is 2.43 bits per heavy atom. The Morgan fingerprint density at radius 2 is 1.71 bits per heavy atom. The molecule has 1 N–H and O–H groups in total. The number of hydrogen-bond donors (Lipinski definition) is 1. The lowest BCUT2D eigenvalue weighted by atomic mass is 10.0. The summed E-state index contributed by atoms with van der Waals surface area (Å²) in [4.78, 5) is 0. The van der Waals surface area contributed by atoms with Crippen LogP contribution in [0.4, 0.5) is 8.78 Å². The van der Waals surface area contributed by atoms with Crippen LogP contribution in [0.3, 0.4) is 0 Å². The molecule has 0 saturated heterocycles. The van der Waals surface area contributed by atoms with E-state index in [4.69, 9.17) is 0 Å². The molecular weight excluding hydrogens is 186 g/mol. The quantitative estimate of drug-likeness (QED) is 0.683. The molecule has 0 saturated carbocycles. The average Bonchev–Trinajstić information content (AvgIpc) is 2.17. The molecule has 3 heteroatoms. The number of phenols is 1. The van der Waals surface area contributed by atoms with Crippen molar-refractivity contribution in [2.45, 2.75) is 6.92 Å². The van der Waals surface area contributed by atoms with E-state index in [1.54, 1.807) is 13.0 Å². The van der Waals surface area contributed by atoms with Crippen LogP contribution >= 0.6 is 0 Å². The van der Waals surface area contributed by atoms with Gasteiger partial charge in [-0.15, -0.1) is 0 Å². The number of benzene rings is 2. The van der Waals surface area contributed by atoms with Gasteiger partial charge in [-0.2, -0.15) is 0 Å². The minimum absolute atomic E-state index is 0.0259. The number of aromatic hydroxyl groups is 1. The number of hydrogen-bond acceptors (Lipinski definition) is 1. The van der Waals surface area contributed by atoms with Crippen molar-refractivity contribution in [3.63, 3.8) is 0 Å². The topological polar surface area (TPSA) is 20.2 Å². The summed E-state index contributed by atoms with van der Waals surface area (Å²) in [5.41, 5.74) is 0.361. The highest BCUT2D eigenvalue weighted by atomic mass is 19.2. The summed E-state index contributed by atoms with van der Waals surface area (Å²) in [5, 5.41) is 10.1. The monoisotopic (exact) mass is 194 g/mol. The van der Waals surface area contributed by atoms with E-state index in [0.29, 0.717) is 10.9 Å². The molecule has 0 aromatic heterocycles. The Morgan fingerprint density at radius 1 is 1.07 bits per heavy atom. The van der Waals surface area contributed by atoms with E-state index < -0.39 is 11.6 Å². The maximum Gasteiger partial charge on any atom is 0.167 e. The first-order chi connectivity index (χ1) is 6.61. The molecule has 0 aliphatic heterocycles. The molecule has 2 aromatic rings. The summed E-state index contributed by atoms with van der Waals surface area (Å²) in [6, 6.07) is 5.59. The lowest BCUT2D eigenvalue weighted by Crippen LogP contribution is -1.89. The minimum Gasteiger partial charge on any atom is -0.508 e. The molecule has 0 unspecified atom stereocenters. The predicted molar refractivity (Wildman–Crippen MR) is 50.3 cm³/mol. The van der Waals surface area contributed by atoms with Crippen LogP contribution in [0.2, 0.25) is 0 Å². The third-order valence-electron chi connectivity index (χ3n) is 2.31. The van der Waals surface area contributed by atoms with E-state index in [1.807, 2.05) is 0 Å². The second-order valence-corrected chi connectivity index (χ2v) is 3.17. The molecule has 0 radical (unpaired) electrons. The number of rotatable bonds is 0. The van der Waals surface area contributed by atoms with Gasteiger partial charge in [0, 0.05) is 10.9 Å². The van der Waals surface area contributed by atoms with E-state index in [2.05, 4.69) is 0 Å². The molecule has 0 aliphatic carbocycles. The van der Waals surface area contributed by atoms with Crippen LogP contribution in [0, 0.1) is 18.6 Å². The van der Waals surface area contributed by atoms with E-state index >= 15 is 0 Å². The Hall–Kier alpha value is -1.64. The second kappa shape index (κ2) is 2.94. The van der Waals surface area contributed by atoms with Crippen LogP contribution in [0.25, 0.3) is 10.8 Å². The fourth-order valence-corrected chi connectivity index (χ4v) is 1.51. The molecular formula is C11H8F2O. The van der Waals surface area contributed by atoms with Gasteiger partial charge < -0.3 is 5.11 Å². The molecule has 0 bridgehead atoms. The third-order valence-corrected chi connectivity index (χ3v) is 2.31. The highest BCUT2D eigenvalue weighted by molar-refractivity contribution is 5.88. The number of fused-ring (bicyclic) bond motifs is 1. The molecule has 1 nitrogen and oxygen atoms in total. The van der Waals surface area contributed by atoms with Gasteiger partial charge in [0.25, 0.3) is 0 Å². The smallest absolute Gasteiger partial charge is 0.167 e. The molecule has 0 fully saturated rings. The van der Waals surface area contributed by atoms with Gasteiger partial charge in [-0.05, 0) is 24.4 Å². The van der Waals surface area contributed by atoms with Crippen molar-refractivity contribution in [1.82, 2.24) is 0 Å². The van der Waals surface area contributed by atoms with Crippen LogP contribution in [0.1, 0.15) is 5.56 Å². The van der Waals surface area contributed by atoms with Crippen LogP contribution < -0.4 is 0 Å². The summed E-state index contributed by atoms with van der Waals surface area (Å²) in [6.45, 7) is 1.56. The summed E-state index contributed by atoms with van der Waals surface area (Å²) >= 11 is 0. The second-order valence-electron chi connectivity index (χ2n) is 3.17. The highest BCUT2D eigenvalue weighted by Crippen LogP contribution is 2.29. The van der Waals surface area contributed by atoms with Gasteiger partial charge in [-0.1, -0.05) is 12.1 Å². The van der Waals surface area contributed by atoms with Crippen LogP contribution in [0.15, 0.2) is 24.3 Å². The molecule has 0 spiro atoms. The van der Waals surface area contributed by atoms with Gasteiger partial charge in [0.05, 0.1) is 0 Å². The van der Waals surface area contributed by atoms with Crippen molar-refractivity contribution in [1.29, 1.82) is 0 Å². The fraction of sp³-hybridized carbons (Fsp3) is 0.0909. The number of halogens is 2. The van der Waals surface area contributed by atoms with Crippen molar-refractivity contribution >= 4 is 10.8 Å². The molecule has 14 heavy (non-hydrogen) atoms. The molecule has 72 valence electrons. The van der Waals surface area contributed by atoms with Gasteiger partial charge in [0.2, 0.25) is 0 Å². The van der Waals surface area contributed by atoms with Crippen LogP contribution in [-0.2, 0) is 0 Å². The van der Waals surface area contributed by atoms with Crippen LogP contribution in [0.5, 0.6) is 5.75 Å². The van der Waals surface area contributed by atoms with Gasteiger partial charge in [-0.3, -0.25) is 0 Å². The molecule has 0 heterocycles. The standard InChI is InChI=1S/C11H8F2O/c1-6-9(14)5-3-7-2-4-8(12)11(13)10(6)7/h2-5,14H,1H3. The van der Waals surface area contributed by atoms with Crippen molar-refractivity contribution < 1.29 is 13.9 Å². The average molecular weight is 194 g/mol. The van der Waals surface area contributed by atoms with Crippen molar-refractivity contribution in [2.75, 3.05) is 0 Å². The predicted octanol–water partition coefficient (Wildman–Crippen LogP) is 3.13. The Kier molecular flexibility index (Phi) is 1.88. The number of aryl methyl sites for hydroxylation is 1. The maximum atomic E-state index is 13.4. The Balaban J connectivity index is 2.98. The first-order valence-electron chi connectivity index (χ1n) is 4.17. The van der Waals surface area contributed by atoms with E-state index in [0.717, 1.165) is 6.07 Å². The summed E-state index contributed by atoms with van der Waals surface area (Å²) in [7, 11) is 0. The zero-order chi connectivity index (χ0) is 10.3. The van der Waals surface area contributed by atoms with Crippen molar-refractivity contribution in [3.8, 4) is 5.75 Å². The van der Waals surface area contributed by atoms with Gasteiger partial charge in [0.1, 0.15) is 5.75 Å². The van der Waals surface area contributed by atoms with Gasteiger partial charge >= 0.3 is 0 Å². The molecule has 2 rings (SSSR count).